The maximum absolute atomic E-state index is 2.23. The molecule has 1 heterocycles. The maximum atomic E-state index is 2.23. The zero-order chi connectivity index (χ0) is 8.81. The van der Waals surface area contributed by atoms with Crippen molar-refractivity contribution in [2.24, 2.45) is 0 Å². The van der Waals surface area contributed by atoms with E-state index in [0.29, 0.717) is 0 Å². The first kappa shape index (κ1) is 9.33. The molecule has 0 saturated heterocycles. The minimum Gasteiger partial charge on any atom is -0.354 e. The lowest BCUT2D eigenvalue weighted by Crippen LogP contribution is -2.13. The monoisotopic (exact) mass is 166 g/mol. The summed E-state index contributed by atoms with van der Waals surface area (Å²) < 4.78 is 2.23. The van der Waals surface area contributed by atoms with Crippen molar-refractivity contribution < 1.29 is 0 Å². The molecule has 0 aliphatic heterocycles. The Balaban J connectivity index is 2.04. The second kappa shape index (κ2) is 4.99. The van der Waals surface area contributed by atoms with Crippen molar-refractivity contribution in [2.45, 2.75) is 19.4 Å². The molecule has 12 heavy (non-hydrogen) atoms. The summed E-state index contributed by atoms with van der Waals surface area (Å²) in [5.41, 5.74) is 0. The smallest absolute Gasteiger partial charge is 0.0220 e. The van der Waals surface area contributed by atoms with Gasteiger partial charge in [0.1, 0.15) is 0 Å². The van der Waals surface area contributed by atoms with E-state index in [4.69, 9.17) is 0 Å². The third kappa shape index (κ3) is 3.58. The standard InChI is InChI=1S/C10H18N2/c1-11(2)7-3-4-8-12-9-5-6-10-12/h5-6,9-10H,3-4,7-8H2,1-2H3. The summed E-state index contributed by atoms with van der Waals surface area (Å²) in [4.78, 5) is 2.23. The van der Waals surface area contributed by atoms with Gasteiger partial charge in [-0.25, -0.2) is 0 Å². The van der Waals surface area contributed by atoms with Gasteiger partial charge >= 0.3 is 0 Å². The highest BCUT2D eigenvalue weighted by molar-refractivity contribution is 4.89. The van der Waals surface area contributed by atoms with Gasteiger partial charge in [0.25, 0.3) is 0 Å². The van der Waals surface area contributed by atoms with Crippen LogP contribution in [0.25, 0.3) is 0 Å². The van der Waals surface area contributed by atoms with Gasteiger partial charge in [-0.1, -0.05) is 0 Å². The van der Waals surface area contributed by atoms with E-state index in [1.54, 1.807) is 0 Å². The van der Waals surface area contributed by atoms with Crippen LogP contribution in [0.15, 0.2) is 24.5 Å². The molecule has 0 aliphatic carbocycles. The largest absolute Gasteiger partial charge is 0.354 e. The second-order valence-electron chi connectivity index (χ2n) is 3.43. The van der Waals surface area contributed by atoms with Gasteiger partial charge in [-0.05, 0) is 45.6 Å². The van der Waals surface area contributed by atoms with Crippen LogP contribution in [-0.4, -0.2) is 30.1 Å². The number of rotatable bonds is 5. The lowest BCUT2D eigenvalue weighted by Gasteiger charge is -2.08. The summed E-state index contributed by atoms with van der Waals surface area (Å²) in [6.07, 6.45) is 6.80. The Kier molecular flexibility index (Phi) is 3.88. The van der Waals surface area contributed by atoms with Crippen molar-refractivity contribution in [1.82, 2.24) is 9.47 Å². The third-order valence-electron chi connectivity index (χ3n) is 1.94. The molecule has 1 aromatic heterocycles. The van der Waals surface area contributed by atoms with E-state index in [1.807, 2.05) is 0 Å². The predicted octanol–water partition coefficient (Wildman–Crippen LogP) is 1.83. The maximum Gasteiger partial charge on any atom is 0.0220 e. The van der Waals surface area contributed by atoms with Gasteiger partial charge in [0.15, 0.2) is 0 Å². The SMILES string of the molecule is CN(C)CCCCn1cccc1. The molecule has 1 aromatic rings. The molecule has 0 fully saturated rings. The Morgan fingerprint density at radius 3 is 2.33 bits per heavy atom. The van der Waals surface area contributed by atoms with E-state index in [1.165, 1.54) is 19.4 Å². The van der Waals surface area contributed by atoms with Gasteiger partial charge in [-0.15, -0.1) is 0 Å². The van der Waals surface area contributed by atoms with Crippen LogP contribution in [0.2, 0.25) is 0 Å². The average molecular weight is 166 g/mol. The topological polar surface area (TPSA) is 8.17 Å². The molecule has 0 atom stereocenters. The Hall–Kier alpha value is -0.760. The van der Waals surface area contributed by atoms with Crippen molar-refractivity contribution in [1.29, 1.82) is 0 Å². The van der Waals surface area contributed by atoms with E-state index in [9.17, 15) is 0 Å². The molecule has 1 rings (SSSR count). The Morgan fingerprint density at radius 1 is 1.08 bits per heavy atom. The molecule has 0 aliphatic rings. The fraction of sp³-hybridized carbons (Fsp3) is 0.600. The first-order valence-corrected chi connectivity index (χ1v) is 4.54. The van der Waals surface area contributed by atoms with Crippen molar-refractivity contribution in [3.63, 3.8) is 0 Å². The van der Waals surface area contributed by atoms with Crippen molar-refractivity contribution in [2.75, 3.05) is 20.6 Å². The van der Waals surface area contributed by atoms with E-state index >= 15 is 0 Å². The van der Waals surface area contributed by atoms with Crippen LogP contribution in [0.4, 0.5) is 0 Å². The van der Waals surface area contributed by atoms with Gasteiger partial charge in [-0.3, -0.25) is 0 Å². The molecule has 2 nitrogen and oxygen atoms in total. The van der Waals surface area contributed by atoms with Crippen molar-refractivity contribution >= 4 is 0 Å². The molecular weight excluding hydrogens is 148 g/mol. The van der Waals surface area contributed by atoms with E-state index in [-0.39, 0.29) is 0 Å². The first-order valence-electron chi connectivity index (χ1n) is 4.54. The van der Waals surface area contributed by atoms with E-state index in [2.05, 4.69) is 48.1 Å². The first-order chi connectivity index (χ1) is 5.79. The summed E-state index contributed by atoms with van der Waals surface area (Å²) >= 11 is 0. The molecule has 0 unspecified atom stereocenters. The molecule has 0 aromatic carbocycles. The Bertz CT molecular complexity index is 190. The lowest BCUT2D eigenvalue weighted by molar-refractivity contribution is 0.388. The molecule has 0 spiro atoms. The Morgan fingerprint density at radius 2 is 1.75 bits per heavy atom. The molecule has 2 heteroatoms. The van der Waals surface area contributed by atoms with Crippen LogP contribution in [0.1, 0.15) is 12.8 Å². The molecule has 68 valence electrons. The summed E-state index contributed by atoms with van der Waals surface area (Å²) in [7, 11) is 4.24. The zero-order valence-electron chi connectivity index (χ0n) is 8.03. The number of nitrogens with zero attached hydrogens (tertiary/aromatic N) is 2. The highest BCUT2D eigenvalue weighted by Gasteiger charge is 1.91. The van der Waals surface area contributed by atoms with Crippen molar-refractivity contribution in [3.05, 3.63) is 24.5 Å². The highest BCUT2D eigenvalue weighted by Crippen LogP contribution is 1.97. The van der Waals surface area contributed by atoms with E-state index in [0.717, 1.165) is 6.54 Å². The summed E-state index contributed by atoms with van der Waals surface area (Å²) in [6.45, 7) is 2.35. The predicted molar refractivity (Wildman–Crippen MR) is 52.2 cm³/mol. The molecule has 0 N–H and O–H groups in total. The van der Waals surface area contributed by atoms with Gasteiger partial charge in [0.2, 0.25) is 0 Å². The average Bonchev–Trinajstić information content (AvgIpc) is 2.49. The Labute approximate surface area is 74.8 Å². The number of hydrogen-bond donors (Lipinski definition) is 0. The van der Waals surface area contributed by atoms with Crippen LogP contribution in [0, 0.1) is 0 Å². The van der Waals surface area contributed by atoms with Gasteiger partial charge in [-0.2, -0.15) is 0 Å². The molecule has 0 amide bonds. The molecule has 0 radical (unpaired) electrons. The third-order valence-corrected chi connectivity index (χ3v) is 1.94. The number of hydrogen-bond acceptors (Lipinski definition) is 1. The van der Waals surface area contributed by atoms with Crippen LogP contribution in [0.3, 0.4) is 0 Å². The minimum atomic E-state index is 1.15. The van der Waals surface area contributed by atoms with Gasteiger partial charge in [0.05, 0.1) is 0 Å². The summed E-state index contributed by atoms with van der Waals surface area (Å²) in [5, 5.41) is 0. The molecule has 0 bridgehead atoms. The van der Waals surface area contributed by atoms with E-state index < -0.39 is 0 Å². The van der Waals surface area contributed by atoms with Crippen LogP contribution in [-0.2, 0) is 6.54 Å². The second-order valence-corrected chi connectivity index (χ2v) is 3.43. The number of unbranched alkanes of at least 4 members (excludes halogenated alkanes) is 1. The highest BCUT2D eigenvalue weighted by atomic mass is 15.0. The lowest BCUT2D eigenvalue weighted by atomic mass is 10.3. The summed E-state index contributed by atoms with van der Waals surface area (Å²) in [6, 6.07) is 4.15. The normalized spacial score (nSPS) is 10.9. The van der Waals surface area contributed by atoms with Crippen LogP contribution < -0.4 is 0 Å². The molecular formula is C10H18N2. The van der Waals surface area contributed by atoms with Gasteiger partial charge < -0.3 is 9.47 Å². The fourth-order valence-electron chi connectivity index (χ4n) is 1.24. The summed E-state index contributed by atoms with van der Waals surface area (Å²) in [5.74, 6) is 0. The number of aryl methyl sites for hydroxylation is 1. The van der Waals surface area contributed by atoms with Crippen LogP contribution >= 0.6 is 0 Å². The number of aromatic nitrogens is 1. The van der Waals surface area contributed by atoms with Gasteiger partial charge in [0, 0.05) is 18.9 Å². The van der Waals surface area contributed by atoms with Crippen LogP contribution in [0.5, 0.6) is 0 Å². The quantitative estimate of drug-likeness (QED) is 0.606. The zero-order valence-corrected chi connectivity index (χ0v) is 8.03. The minimum absolute atomic E-state index is 1.15. The fourth-order valence-corrected chi connectivity index (χ4v) is 1.24. The van der Waals surface area contributed by atoms with Crippen molar-refractivity contribution in [3.8, 4) is 0 Å². The molecule has 0 saturated carbocycles.